The van der Waals surface area contributed by atoms with Gasteiger partial charge in [0.05, 0.1) is 6.07 Å². The second-order valence-corrected chi connectivity index (χ2v) is 5.10. The number of nitrogens with zero attached hydrogens (tertiary/aromatic N) is 1. The molecule has 0 aliphatic heterocycles. The monoisotopic (exact) mass is 274 g/mol. The van der Waals surface area contributed by atoms with Gasteiger partial charge in [-0.3, -0.25) is 4.79 Å². The van der Waals surface area contributed by atoms with Gasteiger partial charge in [0.2, 0.25) is 5.91 Å². The zero-order chi connectivity index (χ0) is 14.9. The number of nitrogens with two attached hydrogens (primary N) is 1. The highest BCUT2D eigenvalue weighted by molar-refractivity contribution is 6.00. The van der Waals surface area contributed by atoms with Gasteiger partial charge in [-0.25, -0.2) is 0 Å². The van der Waals surface area contributed by atoms with Crippen LogP contribution in [0.3, 0.4) is 0 Å². The minimum absolute atomic E-state index is 0.387. The van der Waals surface area contributed by atoms with Crippen LogP contribution in [0.5, 0.6) is 0 Å². The number of amides is 1. The van der Waals surface area contributed by atoms with Gasteiger partial charge in [0.1, 0.15) is 5.41 Å². The van der Waals surface area contributed by atoms with Crippen LogP contribution < -0.4 is 5.73 Å². The number of hydrogen-bond acceptors (Lipinski definition) is 2. The Hall–Kier alpha value is -2.86. The molecule has 0 aromatic heterocycles. The Morgan fingerprint density at radius 2 is 1.62 bits per heavy atom. The SMILES string of the molecule is N#CC=CCC1(C(N)=O)c2ccccc2-c2ccccc21. The van der Waals surface area contributed by atoms with Crippen molar-refractivity contribution in [2.45, 2.75) is 11.8 Å². The standard InChI is InChI=1S/C18H14N2O/c19-12-6-5-11-18(17(20)21)15-9-3-1-7-13(15)14-8-2-4-10-16(14)18/h1-10H,11H2,(H2,20,21). The number of carbonyl (C=O) groups is 1. The van der Waals surface area contributed by atoms with Crippen LogP contribution in [0.1, 0.15) is 17.5 Å². The summed E-state index contributed by atoms with van der Waals surface area (Å²) in [6.45, 7) is 0. The molecular weight excluding hydrogens is 260 g/mol. The molecule has 1 aliphatic carbocycles. The zero-order valence-electron chi connectivity index (χ0n) is 11.4. The Kier molecular flexibility index (Phi) is 3.08. The molecule has 3 nitrogen and oxygen atoms in total. The van der Waals surface area contributed by atoms with Gasteiger partial charge in [-0.05, 0) is 28.7 Å². The maximum absolute atomic E-state index is 12.3. The van der Waals surface area contributed by atoms with Gasteiger partial charge in [-0.2, -0.15) is 5.26 Å². The molecule has 2 aromatic carbocycles. The highest BCUT2D eigenvalue weighted by Crippen LogP contribution is 2.50. The van der Waals surface area contributed by atoms with Crippen LogP contribution in [0, 0.1) is 11.3 Å². The third-order valence-corrected chi connectivity index (χ3v) is 4.10. The Labute approximate surface area is 123 Å². The minimum Gasteiger partial charge on any atom is -0.369 e. The molecule has 21 heavy (non-hydrogen) atoms. The van der Waals surface area contributed by atoms with E-state index in [1.807, 2.05) is 54.6 Å². The van der Waals surface area contributed by atoms with Crippen molar-refractivity contribution in [3.8, 4) is 17.2 Å². The van der Waals surface area contributed by atoms with Crippen LogP contribution >= 0.6 is 0 Å². The van der Waals surface area contributed by atoms with E-state index in [9.17, 15) is 4.79 Å². The van der Waals surface area contributed by atoms with Gasteiger partial charge in [0, 0.05) is 6.08 Å². The molecule has 0 atom stereocenters. The number of carbonyl (C=O) groups excluding carboxylic acids is 1. The van der Waals surface area contributed by atoms with Crippen molar-refractivity contribution in [3.05, 3.63) is 71.8 Å². The Balaban J connectivity index is 2.31. The van der Waals surface area contributed by atoms with Crippen LogP contribution in [0.15, 0.2) is 60.7 Å². The van der Waals surface area contributed by atoms with Gasteiger partial charge in [0.25, 0.3) is 0 Å². The molecule has 0 bridgehead atoms. The van der Waals surface area contributed by atoms with Crippen LogP contribution in [0.2, 0.25) is 0 Å². The molecule has 0 radical (unpaired) electrons. The van der Waals surface area contributed by atoms with Crippen molar-refractivity contribution in [3.63, 3.8) is 0 Å². The van der Waals surface area contributed by atoms with Crippen molar-refractivity contribution in [1.82, 2.24) is 0 Å². The smallest absolute Gasteiger partial charge is 0.232 e. The molecule has 0 saturated heterocycles. The normalized spacial score (nSPS) is 14.4. The van der Waals surface area contributed by atoms with Gasteiger partial charge >= 0.3 is 0 Å². The molecule has 102 valence electrons. The van der Waals surface area contributed by atoms with Gasteiger partial charge in [-0.15, -0.1) is 0 Å². The fourth-order valence-corrected chi connectivity index (χ4v) is 3.20. The van der Waals surface area contributed by atoms with E-state index in [1.165, 1.54) is 6.08 Å². The Morgan fingerprint density at radius 1 is 1.10 bits per heavy atom. The lowest BCUT2D eigenvalue weighted by atomic mass is 9.74. The molecule has 2 aromatic rings. The summed E-state index contributed by atoms with van der Waals surface area (Å²) in [6.07, 6.45) is 3.50. The summed E-state index contributed by atoms with van der Waals surface area (Å²) in [5.41, 5.74) is 8.81. The first kappa shape index (κ1) is 13.1. The summed E-state index contributed by atoms with van der Waals surface area (Å²) in [6, 6.07) is 17.6. The molecule has 0 unspecified atom stereocenters. The minimum atomic E-state index is -0.888. The first-order valence-corrected chi connectivity index (χ1v) is 6.75. The van der Waals surface area contributed by atoms with E-state index in [1.54, 1.807) is 6.08 Å². The lowest BCUT2D eigenvalue weighted by Crippen LogP contribution is -2.40. The van der Waals surface area contributed by atoms with E-state index in [4.69, 9.17) is 11.0 Å². The van der Waals surface area contributed by atoms with Crippen molar-refractivity contribution in [2.75, 3.05) is 0 Å². The fourth-order valence-electron chi connectivity index (χ4n) is 3.20. The summed E-state index contributed by atoms with van der Waals surface area (Å²) in [7, 11) is 0. The second kappa shape index (κ2) is 4.92. The van der Waals surface area contributed by atoms with Crippen LogP contribution in [-0.2, 0) is 10.2 Å². The predicted octanol–water partition coefficient (Wildman–Crippen LogP) is 2.91. The van der Waals surface area contributed by atoms with E-state index >= 15 is 0 Å². The largest absolute Gasteiger partial charge is 0.369 e. The van der Waals surface area contributed by atoms with Crippen LogP contribution in [0.4, 0.5) is 0 Å². The van der Waals surface area contributed by atoms with Gasteiger partial charge in [0.15, 0.2) is 0 Å². The molecule has 0 spiro atoms. The Bertz CT molecular complexity index is 738. The molecule has 3 rings (SSSR count). The number of rotatable bonds is 3. The number of benzene rings is 2. The third kappa shape index (κ3) is 1.77. The number of primary amides is 1. The highest BCUT2D eigenvalue weighted by atomic mass is 16.1. The van der Waals surface area contributed by atoms with E-state index in [2.05, 4.69) is 0 Å². The lowest BCUT2D eigenvalue weighted by molar-refractivity contribution is -0.122. The highest BCUT2D eigenvalue weighted by Gasteiger charge is 2.46. The average molecular weight is 274 g/mol. The number of hydrogen-bond donors (Lipinski definition) is 1. The fraction of sp³-hybridized carbons (Fsp3) is 0.111. The summed E-state index contributed by atoms with van der Waals surface area (Å²) in [5.74, 6) is -0.387. The van der Waals surface area contributed by atoms with Crippen LogP contribution in [-0.4, -0.2) is 5.91 Å². The second-order valence-electron chi connectivity index (χ2n) is 5.10. The first-order valence-electron chi connectivity index (χ1n) is 6.75. The van der Waals surface area contributed by atoms with Gasteiger partial charge in [-0.1, -0.05) is 54.6 Å². The lowest BCUT2D eigenvalue weighted by Gasteiger charge is -2.27. The van der Waals surface area contributed by atoms with E-state index < -0.39 is 5.41 Å². The molecule has 0 fully saturated rings. The summed E-state index contributed by atoms with van der Waals surface area (Å²) in [4.78, 5) is 12.3. The van der Waals surface area contributed by atoms with E-state index in [0.717, 1.165) is 22.3 Å². The first-order chi connectivity index (χ1) is 10.2. The maximum atomic E-state index is 12.3. The summed E-state index contributed by atoms with van der Waals surface area (Å²) < 4.78 is 0. The number of allylic oxidation sites excluding steroid dienone is 2. The third-order valence-electron chi connectivity index (χ3n) is 4.10. The van der Waals surface area contributed by atoms with E-state index in [-0.39, 0.29) is 5.91 Å². The zero-order valence-corrected chi connectivity index (χ0v) is 11.4. The summed E-state index contributed by atoms with van der Waals surface area (Å²) in [5, 5.41) is 8.70. The molecule has 1 amide bonds. The van der Waals surface area contributed by atoms with Crippen molar-refractivity contribution < 1.29 is 4.79 Å². The number of nitriles is 1. The topological polar surface area (TPSA) is 66.9 Å². The molecular formula is C18H14N2O. The molecule has 1 aliphatic rings. The molecule has 0 heterocycles. The van der Waals surface area contributed by atoms with Crippen molar-refractivity contribution >= 4 is 5.91 Å². The number of fused-ring (bicyclic) bond motifs is 3. The molecule has 0 saturated carbocycles. The molecule has 2 N–H and O–H groups in total. The quantitative estimate of drug-likeness (QED) is 0.874. The van der Waals surface area contributed by atoms with Crippen LogP contribution in [0.25, 0.3) is 11.1 Å². The average Bonchev–Trinajstić information content (AvgIpc) is 2.80. The van der Waals surface area contributed by atoms with E-state index in [0.29, 0.717) is 6.42 Å². The van der Waals surface area contributed by atoms with Gasteiger partial charge < -0.3 is 5.73 Å². The van der Waals surface area contributed by atoms with Crippen molar-refractivity contribution in [1.29, 1.82) is 5.26 Å². The summed E-state index contributed by atoms with van der Waals surface area (Å²) >= 11 is 0. The van der Waals surface area contributed by atoms with Crippen molar-refractivity contribution in [2.24, 2.45) is 5.73 Å². The predicted molar refractivity (Wildman–Crippen MR) is 81.2 cm³/mol. The maximum Gasteiger partial charge on any atom is 0.232 e. The Morgan fingerprint density at radius 3 is 2.10 bits per heavy atom. The molecule has 3 heteroatoms.